The van der Waals surface area contributed by atoms with E-state index in [0.29, 0.717) is 36.5 Å². The summed E-state index contributed by atoms with van der Waals surface area (Å²) >= 11 is 0. The van der Waals surface area contributed by atoms with Crippen molar-refractivity contribution < 1.29 is 9.47 Å². The van der Waals surface area contributed by atoms with Gasteiger partial charge in [0.25, 0.3) is 0 Å². The van der Waals surface area contributed by atoms with Gasteiger partial charge >= 0.3 is 0 Å². The number of nitrogens with zero attached hydrogens (tertiary/aromatic N) is 4. The molecule has 1 atom stereocenters. The normalized spacial score (nSPS) is 15.6. The standard InChI is InChI=1S/C23H23N7O2/c24-22-23(28-12-15-3-4-19-16(10-15)2-1-7-25-19)30-20(13-27-22)29-17-5-8-26-21(11-17)32-18-6-9-31-14-18/h1-5,7-8,10-11,13,18H,6,9,12,14H2,(H2,24,27)(H2,26,28,29,30)/t18-/m1/s1. The van der Waals surface area contributed by atoms with E-state index in [1.165, 1.54) is 0 Å². The molecule has 0 spiro atoms. The van der Waals surface area contributed by atoms with Gasteiger partial charge in [0.15, 0.2) is 17.5 Å². The number of anilines is 4. The number of ether oxygens (including phenoxy) is 2. The van der Waals surface area contributed by atoms with Crippen molar-refractivity contribution in [2.75, 3.05) is 29.6 Å². The third-order valence-electron chi connectivity index (χ3n) is 5.11. The number of rotatable bonds is 7. The summed E-state index contributed by atoms with van der Waals surface area (Å²) in [5.74, 6) is 1.94. The van der Waals surface area contributed by atoms with Crippen molar-refractivity contribution >= 4 is 34.0 Å². The fraction of sp³-hybridized carbons (Fsp3) is 0.217. The fourth-order valence-electron chi connectivity index (χ4n) is 3.49. The van der Waals surface area contributed by atoms with Crippen LogP contribution in [0.15, 0.2) is 61.1 Å². The molecule has 9 nitrogen and oxygen atoms in total. The average Bonchev–Trinajstić information content (AvgIpc) is 3.32. The van der Waals surface area contributed by atoms with E-state index in [2.05, 4.69) is 36.6 Å². The number of pyridine rings is 2. The number of nitrogen functional groups attached to an aromatic ring is 1. The molecule has 1 saturated heterocycles. The van der Waals surface area contributed by atoms with Crippen LogP contribution in [0.1, 0.15) is 12.0 Å². The minimum absolute atomic E-state index is 0.0377. The van der Waals surface area contributed by atoms with Crippen molar-refractivity contribution in [3.8, 4) is 5.88 Å². The maximum Gasteiger partial charge on any atom is 0.215 e. The van der Waals surface area contributed by atoms with Crippen LogP contribution < -0.4 is 21.1 Å². The highest BCUT2D eigenvalue weighted by atomic mass is 16.5. The van der Waals surface area contributed by atoms with E-state index in [-0.39, 0.29) is 6.10 Å². The minimum atomic E-state index is 0.0377. The third-order valence-corrected chi connectivity index (χ3v) is 5.11. The van der Waals surface area contributed by atoms with Gasteiger partial charge in [-0.05, 0) is 29.8 Å². The Morgan fingerprint density at radius 1 is 1.09 bits per heavy atom. The van der Waals surface area contributed by atoms with Gasteiger partial charge in [-0.2, -0.15) is 0 Å². The number of nitrogens with one attached hydrogen (secondary N) is 2. The van der Waals surface area contributed by atoms with Gasteiger partial charge in [-0.15, -0.1) is 0 Å². The number of benzene rings is 1. The highest BCUT2D eigenvalue weighted by molar-refractivity contribution is 5.79. The second-order valence-electron chi connectivity index (χ2n) is 7.48. The van der Waals surface area contributed by atoms with Gasteiger partial charge in [0.1, 0.15) is 6.10 Å². The molecule has 0 amide bonds. The van der Waals surface area contributed by atoms with Crippen molar-refractivity contribution in [3.63, 3.8) is 0 Å². The zero-order valence-corrected chi connectivity index (χ0v) is 17.4. The summed E-state index contributed by atoms with van der Waals surface area (Å²) in [6.07, 6.45) is 5.97. The predicted octanol–water partition coefficient (Wildman–Crippen LogP) is 3.53. The molecule has 0 unspecified atom stereocenters. The first kappa shape index (κ1) is 20.0. The van der Waals surface area contributed by atoms with E-state index in [0.717, 1.165) is 35.2 Å². The quantitative estimate of drug-likeness (QED) is 0.405. The molecule has 1 aromatic carbocycles. The van der Waals surface area contributed by atoms with E-state index >= 15 is 0 Å². The second kappa shape index (κ2) is 9.03. The number of fused-ring (bicyclic) bond motifs is 1. The molecule has 162 valence electrons. The Labute approximate surface area is 185 Å². The van der Waals surface area contributed by atoms with Gasteiger partial charge in [-0.25, -0.2) is 15.0 Å². The van der Waals surface area contributed by atoms with Crippen LogP contribution in [-0.2, 0) is 11.3 Å². The van der Waals surface area contributed by atoms with E-state index in [4.69, 9.17) is 15.2 Å². The lowest BCUT2D eigenvalue weighted by molar-refractivity contribution is 0.138. The van der Waals surface area contributed by atoms with Gasteiger partial charge < -0.3 is 25.8 Å². The van der Waals surface area contributed by atoms with E-state index in [9.17, 15) is 0 Å². The molecular formula is C23H23N7O2. The number of nitrogens with two attached hydrogens (primary N) is 1. The maximum atomic E-state index is 6.04. The van der Waals surface area contributed by atoms with Crippen LogP contribution in [0.3, 0.4) is 0 Å². The lowest BCUT2D eigenvalue weighted by atomic mass is 10.1. The van der Waals surface area contributed by atoms with E-state index < -0.39 is 0 Å². The van der Waals surface area contributed by atoms with Gasteiger partial charge in [-0.1, -0.05) is 12.1 Å². The zero-order valence-electron chi connectivity index (χ0n) is 17.4. The number of hydrogen-bond donors (Lipinski definition) is 3. The molecule has 32 heavy (non-hydrogen) atoms. The molecule has 5 rings (SSSR count). The van der Waals surface area contributed by atoms with Crippen LogP contribution in [0.25, 0.3) is 10.9 Å². The first-order valence-corrected chi connectivity index (χ1v) is 10.4. The van der Waals surface area contributed by atoms with Crippen LogP contribution >= 0.6 is 0 Å². The lowest BCUT2D eigenvalue weighted by Gasteiger charge is -2.13. The molecule has 0 radical (unpaired) electrons. The highest BCUT2D eigenvalue weighted by Gasteiger charge is 2.17. The van der Waals surface area contributed by atoms with Crippen molar-refractivity contribution in [1.82, 2.24) is 19.9 Å². The summed E-state index contributed by atoms with van der Waals surface area (Å²) in [7, 11) is 0. The lowest BCUT2D eigenvalue weighted by Crippen LogP contribution is -2.16. The summed E-state index contributed by atoms with van der Waals surface area (Å²) in [6.45, 7) is 1.87. The molecule has 1 aliphatic heterocycles. The van der Waals surface area contributed by atoms with Crippen LogP contribution in [-0.4, -0.2) is 39.3 Å². The Morgan fingerprint density at radius 3 is 2.97 bits per heavy atom. The highest BCUT2D eigenvalue weighted by Crippen LogP contribution is 2.23. The SMILES string of the molecule is Nc1ncc(Nc2ccnc(O[C@@H]3CCOC3)c2)nc1NCc1ccc2ncccc2c1. The smallest absolute Gasteiger partial charge is 0.215 e. The third kappa shape index (κ3) is 4.68. The summed E-state index contributed by atoms with van der Waals surface area (Å²) in [5, 5.41) is 7.58. The van der Waals surface area contributed by atoms with Crippen LogP contribution in [0.4, 0.5) is 23.1 Å². The molecule has 4 N–H and O–H groups in total. The van der Waals surface area contributed by atoms with E-state index in [1.54, 1.807) is 18.6 Å². The van der Waals surface area contributed by atoms with Crippen LogP contribution in [0.2, 0.25) is 0 Å². The molecule has 9 heteroatoms. The molecule has 1 fully saturated rings. The second-order valence-corrected chi connectivity index (χ2v) is 7.48. The first-order chi connectivity index (χ1) is 15.7. The van der Waals surface area contributed by atoms with Crippen LogP contribution in [0, 0.1) is 0 Å². The first-order valence-electron chi connectivity index (χ1n) is 10.4. The van der Waals surface area contributed by atoms with Gasteiger partial charge in [0, 0.05) is 42.5 Å². The molecular weight excluding hydrogens is 406 g/mol. The summed E-state index contributed by atoms with van der Waals surface area (Å²) in [6, 6.07) is 13.8. The molecule has 0 aliphatic carbocycles. The predicted molar refractivity (Wildman–Crippen MR) is 123 cm³/mol. The Balaban J connectivity index is 1.27. The molecule has 0 bridgehead atoms. The van der Waals surface area contributed by atoms with Gasteiger partial charge in [0.2, 0.25) is 5.88 Å². The van der Waals surface area contributed by atoms with Gasteiger partial charge in [-0.3, -0.25) is 4.98 Å². The topological polar surface area (TPSA) is 120 Å². The van der Waals surface area contributed by atoms with Gasteiger partial charge in [0.05, 0.1) is 24.9 Å². The Kier molecular flexibility index (Phi) is 5.63. The number of aromatic nitrogens is 4. The van der Waals surface area contributed by atoms with Crippen molar-refractivity contribution in [1.29, 1.82) is 0 Å². The fourth-order valence-corrected chi connectivity index (χ4v) is 3.49. The summed E-state index contributed by atoms with van der Waals surface area (Å²) < 4.78 is 11.2. The van der Waals surface area contributed by atoms with E-state index in [1.807, 2.05) is 36.4 Å². The molecule has 4 heterocycles. The average molecular weight is 429 g/mol. The monoisotopic (exact) mass is 429 g/mol. The van der Waals surface area contributed by atoms with Crippen molar-refractivity contribution in [2.45, 2.75) is 19.1 Å². The Morgan fingerprint density at radius 2 is 2.06 bits per heavy atom. The van der Waals surface area contributed by atoms with Crippen LogP contribution in [0.5, 0.6) is 5.88 Å². The van der Waals surface area contributed by atoms with Crippen molar-refractivity contribution in [3.05, 3.63) is 66.6 Å². The maximum absolute atomic E-state index is 6.04. The summed E-state index contributed by atoms with van der Waals surface area (Å²) in [5.41, 5.74) is 8.89. The molecule has 1 aliphatic rings. The summed E-state index contributed by atoms with van der Waals surface area (Å²) in [4.78, 5) is 17.5. The Hall–Kier alpha value is -3.98. The Bertz CT molecular complexity index is 1230. The zero-order chi connectivity index (χ0) is 21.8. The number of hydrogen-bond acceptors (Lipinski definition) is 9. The van der Waals surface area contributed by atoms with Crippen molar-refractivity contribution in [2.24, 2.45) is 0 Å². The molecule has 3 aromatic heterocycles. The minimum Gasteiger partial charge on any atom is -0.472 e. The molecule has 0 saturated carbocycles. The molecule has 4 aromatic rings. The largest absolute Gasteiger partial charge is 0.472 e.